The molecule has 3 saturated carbocycles. The second kappa shape index (κ2) is 8.34. The van der Waals surface area contributed by atoms with E-state index >= 15 is 4.39 Å². The highest BCUT2D eigenvalue weighted by atomic mass is 19.1. The highest BCUT2D eigenvalue weighted by molar-refractivity contribution is 5.95. The molecule has 1 atom stereocenters. The maximum absolute atomic E-state index is 15.1. The van der Waals surface area contributed by atoms with Crippen molar-refractivity contribution in [3.63, 3.8) is 0 Å². The monoisotopic (exact) mass is 451 g/mol. The van der Waals surface area contributed by atoms with Crippen LogP contribution in [0, 0.1) is 31.5 Å². The molecule has 3 aliphatic carbocycles. The minimum atomic E-state index is -0.201. The average Bonchev–Trinajstić information content (AvgIpc) is 2.89. The van der Waals surface area contributed by atoms with E-state index in [1.807, 2.05) is 57.3 Å². The normalized spacial score (nSPS) is 22.2. The first-order chi connectivity index (χ1) is 16.9. The maximum Gasteiger partial charge on any atom is 0.220 e. The summed E-state index contributed by atoms with van der Waals surface area (Å²) < 4.78 is 26.2. The lowest BCUT2D eigenvalue weighted by molar-refractivity contribution is -0.665. The van der Waals surface area contributed by atoms with Crippen molar-refractivity contribution in [2.45, 2.75) is 51.9 Å². The molecule has 0 amide bonds. The Kier molecular flexibility index (Phi) is 5.00. The molecular formula is C32H33FN+. The number of halogens is 1. The lowest BCUT2D eigenvalue weighted by atomic mass is 9.63. The summed E-state index contributed by atoms with van der Waals surface area (Å²) in [6.07, 6.45) is 6.79. The van der Waals surface area contributed by atoms with Gasteiger partial charge in [0.1, 0.15) is 12.9 Å². The van der Waals surface area contributed by atoms with Crippen molar-refractivity contribution in [2.75, 3.05) is 0 Å². The van der Waals surface area contributed by atoms with E-state index in [0.717, 1.165) is 50.7 Å². The van der Waals surface area contributed by atoms with Crippen molar-refractivity contribution in [1.82, 2.24) is 0 Å². The first-order valence-corrected chi connectivity index (χ1v) is 12.7. The van der Waals surface area contributed by atoms with Crippen LogP contribution in [0.3, 0.4) is 0 Å². The average molecular weight is 452 g/mol. The third-order valence-corrected chi connectivity index (χ3v) is 8.58. The molecule has 0 radical (unpaired) electrons. The molecule has 3 aromatic carbocycles. The minimum Gasteiger partial charge on any atom is -0.206 e. The quantitative estimate of drug-likeness (QED) is 0.277. The van der Waals surface area contributed by atoms with Gasteiger partial charge < -0.3 is 0 Å². The fourth-order valence-electron chi connectivity index (χ4n) is 6.61. The van der Waals surface area contributed by atoms with Gasteiger partial charge in [-0.25, -0.2) is 4.39 Å². The SMILES string of the molecule is [2H]c1c(C)[n+](C)c(-c2cc(-c3ccccc3)c(F)cc2C)c2ccc(C3CC4CCC3CC4)cc12. The molecule has 2 heteroatoms. The number of hydrogen-bond acceptors (Lipinski definition) is 0. The number of benzene rings is 3. The Labute approximate surface area is 203 Å². The Balaban J connectivity index is 1.55. The van der Waals surface area contributed by atoms with Gasteiger partial charge in [-0.3, -0.25) is 0 Å². The van der Waals surface area contributed by atoms with Crippen LogP contribution < -0.4 is 4.57 Å². The first kappa shape index (κ1) is 20.4. The minimum absolute atomic E-state index is 0.201. The van der Waals surface area contributed by atoms with Gasteiger partial charge in [0.15, 0.2) is 5.69 Å². The molecule has 3 fully saturated rings. The number of aromatic nitrogens is 1. The summed E-state index contributed by atoms with van der Waals surface area (Å²) in [6.45, 7) is 4.01. The van der Waals surface area contributed by atoms with E-state index in [0.29, 0.717) is 17.5 Å². The van der Waals surface area contributed by atoms with Gasteiger partial charge in [-0.05, 0) is 84.2 Å². The molecule has 1 aromatic heterocycles. The molecule has 2 bridgehead atoms. The molecule has 0 N–H and O–H groups in total. The second-order valence-corrected chi connectivity index (χ2v) is 10.6. The molecule has 0 spiro atoms. The third kappa shape index (κ3) is 3.55. The van der Waals surface area contributed by atoms with Gasteiger partial charge in [-0.2, -0.15) is 4.57 Å². The van der Waals surface area contributed by atoms with Crippen molar-refractivity contribution in [3.8, 4) is 22.4 Å². The van der Waals surface area contributed by atoms with Crippen LogP contribution in [0.2, 0.25) is 0 Å². The summed E-state index contributed by atoms with van der Waals surface area (Å²) >= 11 is 0. The van der Waals surface area contributed by atoms with E-state index in [4.69, 9.17) is 1.37 Å². The summed E-state index contributed by atoms with van der Waals surface area (Å²) in [4.78, 5) is 0. The number of aryl methyl sites for hydroxylation is 1. The highest BCUT2D eigenvalue weighted by Gasteiger charge is 2.36. The zero-order valence-electron chi connectivity index (χ0n) is 21.4. The maximum atomic E-state index is 15.1. The van der Waals surface area contributed by atoms with Crippen LogP contribution in [-0.4, -0.2) is 0 Å². The van der Waals surface area contributed by atoms with Gasteiger partial charge in [0, 0.05) is 18.5 Å². The van der Waals surface area contributed by atoms with Crippen LogP contribution >= 0.6 is 0 Å². The Hall–Kier alpha value is -3.00. The summed E-state index contributed by atoms with van der Waals surface area (Å²) in [7, 11) is 2.03. The number of fused-ring (bicyclic) bond motifs is 4. The van der Waals surface area contributed by atoms with Gasteiger partial charge in [0.25, 0.3) is 0 Å². The Morgan fingerprint density at radius 1 is 0.912 bits per heavy atom. The fourth-order valence-corrected chi connectivity index (χ4v) is 6.61. The van der Waals surface area contributed by atoms with Gasteiger partial charge >= 0.3 is 0 Å². The fraction of sp³-hybridized carbons (Fsp3) is 0.344. The van der Waals surface area contributed by atoms with Crippen LogP contribution in [0.1, 0.15) is 56.2 Å². The van der Waals surface area contributed by atoms with Crippen LogP contribution in [0.15, 0.2) is 66.7 Å². The van der Waals surface area contributed by atoms with E-state index in [-0.39, 0.29) is 5.82 Å². The number of pyridine rings is 1. The zero-order chi connectivity index (χ0) is 24.3. The Bertz CT molecular complexity index is 1430. The lowest BCUT2D eigenvalue weighted by Crippen LogP contribution is -2.35. The van der Waals surface area contributed by atoms with Gasteiger partial charge in [-0.15, -0.1) is 0 Å². The van der Waals surface area contributed by atoms with E-state index in [2.05, 4.69) is 22.8 Å². The smallest absolute Gasteiger partial charge is 0.206 e. The van der Waals surface area contributed by atoms with Gasteiger partial charge in [-0.1, -0.05) is 55.3 Å². The van der Waals surface area contributed by atoms with Crippen molar-refractivity contribution >= 4 is 10.8 Å². The Morgan fingerprint density at radius 3 is 2.38 bits per heavy atom. The van der Waals surface area contributed by atoms with Gasteiger partial charge in [0.2, 0.25) is 5.69 Å². The molecule has 1 unspecified atom stereocenters. The molecule has 1 nitrogen and oxygen atoms in total. The topological polar surface area (TPSA) is 3.88 Å². The molecule has 0 aliphatic heterocycles. The third-order valence-electron chi connectivity index (χ3n) is 8.58. The highest BCUT2D eigenvalue weighted by Crippen LogP contribution is 2.50. The largest absolute Gasteiger partial charge is 0.220 e. The number of hydrogen-bond donors (Lipinski definition) is 0. The van der Waals surface area contributed by atoms with Gasteiger partial charge in [0.05, 0.1) is 12.3 Å². The van der Waals surface area contributed by atoms with E-state index in [1.165, 1.54) is 37.7 Å². The summed E-state index contributed by atoms with van der Waals surface area (Å²) in [5, 5.41) is 2.08. The summed E-state index contributed by atoms with van der Waals surface area (Å²) in [5.74, 6) is 2.09. The first-order valence-electron chi connectivity index (χ1n) is 13.2. The van der Waals surface area contributed by atoms with Crippen LogP contribution in [0.5, 0.6) is 0 Å². The molecule has 3 aliphatic rings. The van der Waals surface area contributed by atoms with Crippen molar-refractivity contribution < 1.29 is 10.3 Å². The molecule has 7 rings (SSSR count). The van der Waals surface area contributed by atoms with Crippen molar-refractivity contribution in [2.24, 2.45) is 18.9 Å². The van der Waals surface area contributed by atoms with E-state index < -0.39 is 0 Å². The zero-order valence-corrected chi connectivity index (χ0v) is 20.4. The van der Waals surface area contributed by atoms with Crippen LogP contribution in [-0.2, 0) is 7.05 Å². The van der Waals surface area contributed by atoms with Crippen molar-refractivity contribution in [1.29, 1.82) is 0 Å². The summed E-state index contributed by atoms with van der Waals surface area (Å²) in [5.41, 5.74) is 6.80. The molecule has 1 heterocycles. The molecular weight excluding hydrogens is 417 g/mol. The van der Waals surface area contributed by atoms with E-state index in [9.17, 15) is 0 Å². The van der Waals surface area contributed by atoms with Crippen molar-refractivity contribution in [3.05, 3.63) is 89.3 Å². The summed E-state index contributed by atoms with van der Waals surface area (Å²) in [6, 6.07) is 20.8. The molecule has 34 heavy (non-hydrogen) atoms. The molecule has 4 aromatic rings. The van der Waals surface area contributed by atoms with Crippen LogP contribution in [0.25, 0.3) is 33.2 Å². The predicted molar refractivity (Wildman–Crippen MR) is 138 cm³/mol. The molecule has 0 saturated heterocycles. The van der Waals surface area contributed by atoms with E-state index in [1.54, 1.807) is 6.07 Å². The number of nitrogens with zero attached hydrogens (tertiary/aromatic N) is 1. The lowest BCUT2D eigenvalue weighted by Gasteiger charge is -2.42. The Morgan fingerprint density at radius 2 is 1.68 bits per heavy atom. The predicted octanol–water partition coefficient (Wildman–Crippen LogP) is 8.05. The standard InChI is InChI=1S/C32H33FN/c1-20-15-31(33)30(23-7-5-4-6-8-23)19-28(20)32-27-14-13-25(18-26(27)16-21(2)34(32)3)29-17-22-9-11-24(29)12-10-22/h4-8,13-16,18-19,22,24,29H,9-12,17H2,1-3H3/q+1/i16D. The second-order valence-electron chi connectivity index (χ2n) is 10.6. The number of rotatable bonds is 3. The van der Waals surface area contributed by atoms with Crippen LogP contribution in [0.4, 0.5) is 4.39 Å². The molecule has 172 valence electrons.